The summed E-state index contributed by atoms with van der Waals surface area (Å²) < 4.78 is 77.9. The van der Waals surface area contributed by atoms with Gasteiger partial charge in [0.15, 0.2) is 5.84 Å². The predicted octanol–water partition coefficient (Wildman–Crippen LogP) is 5.56. The van der Waals surface area contributed by atoms with Crippen molar-refractivity contribution in [1.82, 2.24) is 5.48 Å². The fourth-order valence-corrected chi connectivity index (χ4v) is 2.93. The molecule has 0 saturated heterocycles. The maximum atomic E-state index is 13.1. The zero-order valence-electron chi connectivity index (χ0n) is 15.4. The number of hydrogen-bond acceptors (Lipinski definition) is 6. The normalized spacial score (nSPS) is 12.6. The standard InChI is InChI=1S/C16H9ClF6N4O5/c1-6-4-7(15(18,19)20)2-3-8(6)14(25-28)24-12-10(26(29)30)5-9(16(21,22)23)11(17)13(12)27(31)32/h2-5,28H,1H3,(H,24,25). The van der Waals surface area contributed by atoms with Gasteiger partial charge in [-0.05, 0) is 24.6 Å². The molecule has 0 aliphatic carbocycles. The number of hydrogen-bond donors (Lipinski definition) is 2. The van der Waals surface area contributed by atoms with Crippen molar-refractivity contribution in [2.24, 2.45) is 4.99 Å². The zero-order valence-corrected chi connectivity index (χ0v) is 16.1. The molecule has 0 amide bonds. The molecule has 0 atom stereocenters. The van der Waals surface area contributed by atoms with Gasteiger partial charge in [-0.1, -0.05) is 17.7 Å². The summed E-state index contributed by atoms with van der Waals surface area (Å²) in [6.07, 6.45) is -10.0. The summed E-state index contributed by atoms with van der Waals surface area (Å²) in [6, 6.07) is 1.91. The Balaban J connectivity index is 2.87. The lowest BCUT2D eigenvalue weighted by molar-refractivity contribution is -0.392. The topological polar surface area (TPSA) is 131 Å². The van der Waals surface area contributed by atoms with Crippen LogP contribution in [0.4, 0.5) is 43.4 Å². The minimum Gasteiger partial charge on any atom is -0.290 e. The molecule has 0 bridgehead atoms. The number of halogens is 7. The number of aryl methyl sites for hydroxylation is 1. The Hall–Kier alpha value is -3.46. The molecule has 0 unspecified atom stereocenters. The highest BCUT2D eigenvalue weighted by Crippen LogP contribution is 2.49. The molecule has 2 aromatic carbocycles. The van der Waals surface area contributed by atoms with E-state index in [1.165, 1.54) is 5.48 Å². The van der Waals surface area contributed by atoms with E-state index < -0.39 is 61.2 Å². The highest BCUT2D eigenvalue weighted by Gasteiger charge is 2.42. The van der Waals surface area contributed by atoms with Crippen LogP contribution in [0.5, 0.6) is 0 Å². The molecular weight excluding hydrogens is 478 g/mol. The van der Waals surface area contributed by atoms with Crippen LogP contribution < -0.4 is 5.48 Å². The van der Waals surface area contributed by atoms with Crippen molar-refractivity contribution >= 4 is 34.5 Å². The lowest BCUT2D eigenvalue weighted by Crippen LogP contribution is -2.22. The Bertz CT molecular complexity index is 1130. The van der Waals surface area contributed by atoms with E-state index in [9.17, 15) is 51.8 Å². The van der Waals surface area contributed by atoms with Gasteiger partial charge in [-0.25, -0.2) is 4.99 Å². The van der Waals surface area contributed by atoms with E-state index in [1.807, 2.05) is 0 Å². The molecule has 0 aromatic heterocycles. The van der Waals surface area contributed by atoms with E-state index in [2.05, 4.69) is 4.99 Å². The summed E-state index contributed by atoms with van der Waals surface area (Å²) in [7, 11) is 0. The molecule has 32 heavy (non-hydrogen) atoms. The van der Waals surface area contributed by atoms with E-state index >= 15 is 0 Å². The highest BCUT2D eigenvalue weighted by molar-refractivity contribution is 6.34. The average Bonchev–Trinajstić information content (AvgIpc) is 2.63. The fourth-order valence-electron chi connectivity index (χ4n) is 2.61. The van der Waals surface area contributed by atoms with E-state index in [0.29, 0.717) is 12.1 Å². The number of nitrogens with one attached hydrogen (secondary N) is 1. The van der Waals surface area contributed by atoms with Crippen LogP contribution in [0, 0.1) is 27.2 Å². The lowest BCUT2D eigenvalue weighted by Gasteiger charge is -2.13. The molecule has 172 valence electrons. The second kappa shape index (κ2) is 8.58. The Labute approximate surface area is 178 Å². The molecular formula is C16H9ClF6N4O5. The van der Waals surface area contributed by atoms with Gasteiger partial charge in [-0.3, -0.25) is 30.9 Å². The molecule has 9 nitrogen and oxygen atoms in total. The molecule has 0 radical (unpaired) electrons. The third kappa shape index (κ3) is 4.88. The van der Waals surface area contributed by atoms with Crippen molar-refractivity contribution in [2.45, 2.75) is 19.3 Å². The first-order valence-electron chi connectivity index (χ1n) is 7.99. The Morgan fingerprint density at radius 1 is 1.06 bits per heavy atom. The maximum absolute atomic E-state index is 13.1. The number of nitro benzene ring substituents is 2. The molecule has 2 rings (SSSR count). The number of aliphatic imine (C=N–C) groups is 1. The van der Waals surface area contributed by atoms with Gasteiger partial charge in [-0.15, -0.1) is 0 Å². The SMILES string of the molecule is Cc1cc(C(F)(F)F)ccc1C(=Nc1c([N+](=O)[O-])cc(C(F)(F)F)c(Cl)c1[N+](=O)[O-])NO. The van der Waals surface area contributed by atoms with Gasteiger partial charge in [0, 0.05) is 11.6 Å². The minimum atomic E-state index is -5.29. The van der Waals surface area contributed by atoms with Gasteiger partial charge < -0.3 is 0 Å². The van der Waals surface area contributed by atoms with Gasteiger partial charge in [0.2, 0.25) is 5.69 Å². The second-order valence-corrected chi connectivity index (χ2v) is 6.44. The number of alkyl halides is 6. The lowest BCUT2D eigenvalue weighted by atomic mass is 10.0. The van der Waals surface area contributed by atoms with E-state index in [-0.39, 0.29) is 17.2 Å². The molecule has 16 heteroatoms. The summed E-state index contributed by atoms with van der Waals surface area (Å²) in [5.41, 5.74) is -6.36. The number of nitro groups is 2. The van der Waals surface area contributed by atoms with Crippen molar-refractivity contribution in [3.05, 3.63) is 71.8 Å². The highest BCUT2D eigenvalue weighted by atomic mass is 35.5. The molecule has 2 N–H and O–H groups in total. The number of benzene rings is 2. The molecule has 0 aliphatic heterocycles. The average molecular weight is 487 g/mol. The third-order valence-electron chi connectivity index (χ3n) is 4.02. The molecule has 0 fully saturated rings. The van der Waals surface area contributed by atoms with Gasteiger partial charge in [-0.2, -0.15) is 26.3 Å². The summed E-state index contributed by atoms with van der Waals surface area (Å²) in [6.45, 7) is 1.14. The molecule has 0 spiro atoms. The summed E-state index contributed by atoms with van der Waals surface area (Å²) in [5.74, 6) is -0.821. The van der Waals surface area contributed by atoms with Crippen LogP contribution in [-0.2, 0) is 12.4 Å². The Morgan fingerprint density at radius 2 is 1.66 bits per heavy atom. The van der Waals surface area contributed by atoms with Gasteiger partial charge >= 0.3 is 23.7 Å². The number of hydroxylamine groups is 1. The van der Waals surface area contributed by atoms with Crippen LogP contribution >= 0.6 is 11.6 Å². The van der Waals surface area contributed by atoms with Gasteiger partial charge in [0.05, 0.1) is 21.0 Å². The van der Waals surface area contributed by atoms with Gasteiger partial charge in [0.25, 0.3) is 0 Å². The molecule has 0 aliphatic rings. The zero-order chi connectivity index (χ0) is 24.6. The van der Waals surface area contributed by atoms with Crippen molar-refractivity contribution in [3.63, 3.8) is 0 Å². The van der Waals surface area contributed by atoms with Gasteiger partial charge in [0.1, 0.15) is 5.02 Å². The molecule has 2 aromatic rings. The quantitative estimate of drug-likeness (QED) is 0.191. The van der Waals surface area contributed by atoms with Crippen molar-refractivity contribution in [3.8, 4) is 0 Å². The van der Waals surface area contributed by atoms with E-state index in [1.54, 1.807) is 0 Å². The first-order chi connectivity index (χ1) is 14.6. The first-order valence-corrected chi connectivity index (χ1v) is 8.36. The summed E-state index contributed by atoms with van der Waals surface area (Å²) in [4.78, 5) is 23.3. The molecule has 0 saturated carbocycles. The summed E-state index contributed by atoms with van der Waals surface area (Å²) in [5, 5.41) is 30.5. The van der Waals surface area contributed by atoms with Crippen LogP contribution in [0.1, 0.15) is 22.3 Å². The van der Waals surface area contributed by atoms with Crippen LogP contribution in [0.2, 0.25) is 5.02 Å². The largest absolute Gasteiger partial charge is 0.418 e. The smallest absolute Gasteiger partial charge is 0.290 e. The number of amidine groups is 1. The number of rotatable bonds is 4. The monoisotopic (exact) mass is 486 g/mol. The number of nitrogens with zero attached hydrogens (tertiary/aromatic N) is 3. The minimum absolute atomic E-state index is 0.0806. The van der Waals surface area contributed by atoms with Crippen molar-refractivity contribution < 1.29 is 41.4 Å². The van der Waals surface area contributed by atoms with E-state index in [0.717, 1.165) is 13.0 Å². The van der Waals surface area contributed by atoms with Crippen LogP contribution in [0.25, 0.3) is 0 Å². The van der Waals surface area contributed by atoms with Crippen LogP contribution in [0.3, 0.4) is 0 Å². The Morgan fingerprint density at radius 3 is 2.06 bits per heavy atom. The van der Waals surface area contributed by atoms with Crippen molar-refractivity contribution in [1.29, 1.82) is 0 Å². The molecule has 0 heterocycles. The van der Waals surface area contributed by atoms with Crippen LogP contribution in [-0.4, -0.2) is 20.9 Å². The van der Waals surface area contributed by atoms with Crippen molar-refractivity contribution in [2.75, 3.05) is 0 Å². The van der Waals surface area contributed by atoms with Crippen LogP contribution in [0.15, 0.2) is 29.3 Å². The maximum Gasteiger partial charge on any atom is 0.418 e. The Kier molecular flexibility index (Phi) is 6.65. The first kappa shape index (κ1) is 24.8. The van der Waals surface area contributed by atoms with E-state index in [4.69, 9.17) is 11.6 Å². The fraction of sp³-hybridized carbons (Fsp3) is 0.188. The summed E-state index contributed by atoms with van der Waals surface area (Å²) >= 11 is 5.48. The third-order valence-corrected chi connectivity index (χ3v) is 4.40. The second-order valence-electron chi connectivity index (χ2n) is 6.07. The predicted molar refractivity (Wildman–Crippen MR) is 97.1 cm³/mol.